The fraction of sp³-hybridized carbons (Fsp3) is 0.125. The average molecular weight is 395 g/mol. The summed E-state index contributed by atoms with van der Waals surface area (Å²) in [4.78, 5) is 12.5. The topological polar surface area (TPSA) is 57.1 Å². The molecule has 0 saturated heterocycles. The van der Waals surface area contributed by atoms with Gasteiger partial charge in [0.05, 0.1) is 5.39 Å². The van der Waals surface area contributed by atoms with Crippen molar-refractivity contribution < 1.29 is 14.1 Å². The number of hydrogen-bond donors (Lipinski definition) is 0. The minimum absolute atomic E-state index is 0. The number of hydrogen-bond acceptors (Lipinski definition) is 3. The molecule has 0 bridgehead atoms. The van der Waals surface area contributed by atoms with Crippen molar-refractivity contribution in [3.05, 3.63) is 58.6 Å². The summed E-state index contributed by atoms with van der Waals surface area (Å²) in [6.45, 7) is 1.80. The summed E-state index contributed by atoms with van der Waals surface area (Å²) in [5.41, 5.74) is 1.92. The summed E-state index contributed by atoms with van der Waals surface area (Å²) < 4.78 is 7.30. The van der Waals surface area contributed by atoms with Gasteiger partial charge in [0.2, 0.25) is 11.1 Å². The van der Waals surface area contributed by atoms with Crippen LogP contribution in [0.3, 0.4) is 0 Å². The number of halogens is 1. The van der Waals surface area contributed by atoms with E-state index < -0.39 is 0 Å². The number of fused-ring (bicyclic) bond motifs is 1. The second-order valence-electron chi connectivity index (χ2n) is 4.81. The molecule has 2 heterocycles. The van der Waals surface area contributed by atoms with Crippen LogP contribution in [0.25, 0.3) is 22.2 Å². The van der Waals surface area contributed by atoms with Gasteiger partial charge in [0.25, 0.3) is 0 Å². The number of nitrogens with zero attached hydrogens (tertiary/aromatic N) is 1. The van der Waals surface area contributed by atoms with Crippen molar-refractivity contribution in [1.29, 1.82) is 0 Å². The van der Waals surface area contributed by atoms with E-state index in [0.717, 1.165) is 5.56 Å². The summed E-state index contributed by atoms with van der Waals surface area (Å²) in [5.74, 6) is -0.297. The first-order valence-electron chi connectivity index (χ1n) is 6.26. The number of pyridine rings is 1. The van der Waals surface area contributed by atoms with Gasteiger partial charge in [0, 0.05) is 12.1 Å². The van der Waals surface area contributed by atoms with E-state index in [0.29, 0.717) is 16.8 Å². The van der Waals surface area contributed by atoms with Crippen LogP contribution in [0, 0.1) is 6.92 Å². The van der Waals surface area contributed by atoms with Crippen molar-refractivity contribution in [2.75, 3.05) is 0 Å². The van der Waals surface area contributed by atoms with E-state index >= 15 is 0 Å². The van der Waals surface area contributed by atoms with Gasteiger partial charge in [-0.2, -0.15) is 0 Å². The lowest BCUT2D eigenvalue weighted by Crippen LogP contribution is -2.31. The third-order valence-corrected chi connectivity index (χ3v) is 3.32. The van der Waals surface area contributed by atoms with E-state index in [1.165, 1.54) is 12.3 Å². The summed E-state index contributed by atoms with van der Waals surface area (Å²) in [6.07, 6.45) is 3.26. The van der Waals surface area contributed by atoms with Crippen LogP contribution in [0.2, 0.25) is 0 Å². The summed E-state index contributed by atoms with van der Waals surface area (Å²) in [5, 5.41) is 12.1. The smallest absolute Gasteiger partial charge is 0.219 e. The molecule has 108 valence electrons. The Hall–Kier alpha value is -1.89. The van der Waals surface area contributed by atoms with Gasteiger partial charge in [0.1, 0.15) is 24.5 Å². The predicted molar refractivity (Wildman–Crippen MR) is 88.7 cm³/mol. The summed E-state index contributed by atoms with van der Waals surface area (Å²) >= 11 is 0. The SMILES string of the molecule is Cc1cc([O-])c2c(=O)c(-c3cccc[n+]3C)coc2c1.I. The van der Waals surface area contributed by atoms with E-state index in [1.54, 1.807) is 13.0 Å². The highest BCUT2D eigenvalue weighted by Crippen LogP contribution is 2.24. The van der Waals surface area contributed by atoms with Crippen LogP contribution in [0.1, 0.15) is 5.56 Å². The highest BCUT2D eigenvalue weighted by Gasteiger charge is 2.16. The molecule has 0 spiro atoms. The van der Waals surface area contributed by atoms with Crippen molar-refractivity contribution in [1.82, 2.24) is 0 Å². The Morgan fingerprint density at radius 3 is 2.71 bits per heavy atom. The number of aryl methyl sites for hydroxylation is 2. The second kappa shape index (κ2) is 5.85. The fourth-order valence-corrected chi connectivity index (χ4v) is 2.33. The van der Waals surface area contributed by atoms with Crippen molar-refractivity contribution >= 4 is 34.9 Å². The van der Waals surface area contributed by atoms with Gasteiger partial charge in [0.15, 0.2) is 6.20 Å². The molecule has 0 radical (unpaired) electrons. The third-order valence-electron chi connectivity index (χ3n) is 3.32. The molecule has 0 aliphatic carbocycles. The Kier molecular flexibility index (Phi) is 4.32. The van der Waals surface area contributed by atoms with Crippen LogP contribution in [-0.2, 0) is 7.05 Å². The molecule has 1 aromatic carbocycles. The molecule has 0 amide bonds. The lowest BCUT2D eigenvalue weighted by Gasteiger charge is -2.10. The van der Waals surface area contributed by atoms with Gasteiger partial charge in [-0.1, -0.05) is 11.8 Å². The monoisotopic (exact) mass is 395 g/mol. The van der Waals surface area contributed by atoms with Gasteiger partial charge in [-0.05, 0) is 24.6 Å². The highest BCUT2D eigenvalue weighted by atomic mass is 127. The quantitative estimate of drug-likeness (QED) is 0.469. The summed E-state index contributed by atoms with van der Waals surface area (Å²) in [7, 11) is 1.84. The average Bonchev–Trinajstić information content (AvgIpc) is 2.39. The molecule has 0 N–H and O–H groups in total. The molecular formula is C16H14INO3. The molecule has 0 fully saturated rings. The highest BCUT2D eigenvalue weighted by molar-refractivity contribution is 14.0. The zero-order chi connectivity index (χ0) is 14.3. The largest absolute Gasteiger partial charge is 0.872 e. The molecule has 0 aliphatic rings. The third kappa shape index (κ3) is 2.65. The minimum atomic E-state index is -0.297. The van der Waals surface area contributed by atoms with Crippen LogP contribution < -0.4 is 15.1 Å². The first kappa shape index (κ1) is 15.5. The molecule has 0 unspecified atom stereocenters. The first-order valence-corrected chi connectivity index (χ1v) is 6.26. The Morgan fingerprint density at radius 2 is 2.00 bits per heavy atom. The van der Waals surface area contributed by atoms with Gasteiger partial charge in [-0.3, -0.25) is 4.79 Å². The molecule has 0 saturated carbocycles. The van der Waals surface area contributed by atoms with Gasteiger partial charge in [-0.15, -0.1) is 24.0 Å². The van der Waals surface area contributed by atoms with Crippen LogP contribution in [-0.4, -0.2) is 0 Å². The van der Waals surface area contributed by atoms with Crippen LogP contribution in [0.15, 0.2) is 52.0 Å². The van der Waals surface area contributed by atoms with E-state index in [1.807, 2.05) is 36.0 Å². The van der Waals surface area contributed by atoms with E-state index in [4.69, 9.17) is 4.42 Å². The molecule has 2 aromatic heterocycles. The Morgan fingerprint density at radius 1 is 1.24 bits per heavy atom. The molecule has 5 heteroatoms. The lowest BCUT2D eigenvalue weighted by atomic mass is 10.1. The van der Waals surface area contributed by atoms with E-state index in [2.05, 4.69) is 0 Å². The maximum Gasteiger partial charge on any atom is 0.219 e. The Balaban J connectivity index is 0.00000161. The standard InChI is InChI=1S/C16H13NO3.HI/c1-10-7-13(18)15-14(8-10)20-9-11(16(15)19)12-5-3-4-6-17(12)2;/h3-9H,1-2H3;1H. The number of aromatic nitrogens is 1. The maximum atomic E-state index is 12.5. The summed E-state index contributed by atoms with van der Waals surface area (Å²) in [6, 6.07) is 8.68. The van der Waals surface area contributed by atoms with Crippen LogP contribution in [0.4, 0.5) is 0 Å². The van der Waals surface area contributed by atoms with Crippen molar-refractivity contribution in [2.24, 2.45) is 7.05 Å². The van der Waals surface area contributed by atoms with Crippen molar-refractivity contribution in [3.8, 4) is 17.0 Å². The first-order chi connectivity index (χ1) is 9.58. The number of benzene rings is 1. The minimum Gasteiger partial charge on any atom is -0.872 e. The molecular weight excluding hydrogens is 381 g/mol. The Labute approximate surface area is 138 Å². The van der Waals surface area contributed by atoms with Crippen molar-refractivity contribution in [3.63, 3.8) is 0 Å². The molecule has 21 heavy (non-hydrogen) atoms. The predicted octanol–water partition coefficient (Wildman–Crippen LogP) is 2.28. The number of rotatable bonds is 1. The van der Waals surface area contributed by atoms with Crippen LogP contribution in [0.5, 0.6) is 5.75 Å². The van der Waals surface area contributed by atoms with Gasteiger partial charge >= 0.3 is 0 Å². The lowest BCUT2D eigenvalue weighted by molar-refractivity contribution is -0.660. The molecule has 4 nitrogen and oxygen atoms in total. The molecule has 0 aliphatic heterocycles. The van der Waals surface area contributed by atoms with E-state index in [9.17, 15) is 9.90 Å². The normalized spacial score (nSPS) is 10.4. The second-order valence-corrected chi connectivity index (χ2v) is 4.81. The molecule has 3 aromatic rings. The molecule has 0 atom stereocenters. The zero-order valence-corrected chi connectivity index (χ0v) is 14.0. The van der Waals surface area contributed by atoms with Crippen molar-refractivity contribution in [2.45, 2.75) is 6.92 Å². The van der Waals surface area contributed by atoms with Gasteiger partial charge in [-0.25, -0.2) is 4.57 Å². The van der Waals surface area contributed by atoms with E-state index in [-0.39, 0.29) is 40.5 Å². The Bertz CT molecular complexity index is 871. The zero-order valence-electron chi connectivity index (χ0n) is 11.6. The fourth-order valence-electron chi connectivity index (χ4n) is 2.33. The van der Waals surface area contributed by atoms with Gasteiger partial charge < -0.3 is 9.52 Å². The maximum absolute atomic E-state index is 12.5. The molecule has 3 rings (SSSR count). The van der Waals surface area contributed by atoms with Crippen LogP contribution >= 0.6 is 24.0 Å².